The van der Waals surface area contributed by atoms with Gasteiger partial charge in [0.05, 0.1) is 6.04 Å². The highest BCUT2D eigenvalue weighted by atomic mass is 16.5. The minimum Gasteiger partial charge on any atom is -0.484 e. The number of hydrogen-bond donors (Lipinski definition) is 1. The quantitative estimate of drug-likeness (QED) is 0.705. The lowest BCUT2D eigenvalue weighted by molar-refractivity contribution is -0.123. The van der Waals surface area contributed by atoms with Gasteiger partial charge in [-0.25, -0.2) is 0 Å². The van der Waals surface area contributed by atoms with Crippen LogP contribution in [0.1, 0.15) is 29.7 Å². The van der Waals surface area contributed by atoms with Crippen molar-refractivity contribution >= 4 is 5.91 Å². The molecule has 1 aromatic heterocycles. The molecule has 1 amide bonds. The monoisotopic (exact) mass is 346 g/mol. The molecule has 2 aromatic carbocycles. The minimum atomic E-state index is -0.261. The van der Waals surface area contributed by atoms with Crippen LogP contribution in [-0.2, 0) is 11.2 Å². The second-order valence-electron chi connectivity index (χ2n) is 5.98. The van der Waals surface area contributed by atoms with Gasteiger partial charge in [-0.05, 0) is 41.3 Å². The number of carbonyl (C=O) groups is 1. The van der Waals surface area contributed by atoms with Crippen LogP contribution in [0.3, 0.4) is 0 Å². The van der Waals surface area contributed by atoms with E-state index in [1.54, 1.807) is 12.4 Å². The maximum absolute atomic E-state index is 12.4. The van der Waals surface area contributed by atoms with Crippen molar-refractivity contribution in [3.8, 4) is 5.75 Å². The zero-order valence-electron chi connectivity index (χ0n) is 14.8. The van der Waals surface area contributed by atoms with Crippen LogP contribution < -0.4 is 10.1 Å². The fourth-order valence-corrected chi connectivity index (χ4v) is 2.72. The number of carbonyl (C=O) groups excluding carboxylic acids is 1. The third kappa shape index (κ3) is 4.70. The van der Waals surface area contributed by atoms with Crippen molar-refractivity contribution in [1.82, 2.24) is 10.3 Å². The SMILES string of the molecule is CCc1ccc(OCC(=O)N[C@H](c2ccccc2)c2cccnc2)cc1. The van der Waals surface area contributed by atoms with Gasteiger partial charge in [-0.15, -0.1) is 0 Å². The molecule has 0 saturated carbocycles. The zero-order chi connectivity index (χ0) is 18.2. The Morgan fingerprint density at radius 3 is 2.38 bits per heavy atom. The van der Waals surface area contributed by atoms with E-state index in [4.69, 9.17) is 4.74 Å². The number of nitrogens with one attached hydrogen (secondary N) is 1. The average molecular weight is 346 g/mol. The van der Waals surface area contributed by atoms with E-state index in [2.05, 4.69) is 17.2 Å². The molecule has 1 atom stereocenters. The number of aryl methyl sites for hydroxylation is 1. The highest BCUT2D eigenvalue weighted by Crippen LogP contribution is 2.21. The summed E-state index contributed by atoms with van der Waals surface area (Å²) in [6.07, 6.45) is 4.46. The van der Waals surface area contributed by atoms with E-state index < -0.39 is 0 Å². The van der Waals surface area contributed by atoms with Crippen molar-refractivity contribution in [3.63, 3.8) is 0 Å². The van der Waals surface area contributed by atoms with Gasteiger partial charge < -0.3 is 10.1 Å². The van der Waals surface area contributed by atoms with Gasteiger partial charge in [-0.2, -0.15) is 0 Å². The topological polar surface area (TPSA) is 51.2 Å². The fraction of sp³-hybridized carbons (Fsp3) is 0.182. The number of nitrogens with zero attached hydrogens (tertiary/aromatic N) is 1. The maximum Gasteiger partial charge on any atom is 0.258 e. The van der Waals surface area contributed by atoms with E-state index in [0.717, 1.165) is 17.5 Å². The van der Waals surface area contributed by atoms with Gasteiger partial charge in [-0.1, -0.05) is 55.5 Å². The van der Waals surface area contributed by atoms with Gasteiger partial charge in [0.1, 0.15) is 5.75 Å². The van der Waals surface area contributed by atoms with Gasteiger partial charge in [0.15, 0.2) is 6.61 Å². The molecule has 1 N–H and O–H groups in total. The van der Waals surface area contributed by atoms with Crippen LogP contribution >= 0.6 is 0 Å². The normalized spacial score (nSPS) is 11.6. The van der Waals surface area contributed by atoms with E-state index in [1.165, 1.54) is 5.56 Å². The Labute approximate surface area is 153 Å². The summed E-state index contributed by atoms with van der Waals surface area (Å²) < 4.78 is 5.61. The Hall–Kier alpha value is -3.14. The summed E-state index contributed by atoms with van der Waals surface area (Å²) in [5, 5.41) is 3.04. The van der Waals surface area contributed by atoms with Crippen molar-refractivity contribution in [2.45, 2.75) is 19.4 Å². The molecule has 0 aliphatic carbocycles. The largest absolute Gasteiger partial charge is 0.484 e. The van der Waals surface area contributed by atoms with Crippen LogP contribution in [-0.4, -0.2) is 17.5 Å². The molecule has 3 rings (SSSR count). The van der Waals surface area contributed by atoms with Crippen LogP contribution in [0.25, 0.3) is 0 Å². The van der Waals surface area contributed by atoms with Crippen molar-refractivity contribution < 1.29 is 9.53 Å². The van der Waals surface area contributed by atoms with Gasteiger partial charge in [0.2, 0.25) is 0 Å². The molecule has 0 unspecified atom stereocenters. The van der Waals surface area contributed by atoms with E-state index in [9.17, 15) is 4.79 Å². The van der Waals surface area contributed by atoms with Crippen LogP contribution in [0, 0.1) is 0 Å². The van der Waals surface area contributed by atoms with E-state index in [-0.39, 0.29) is 18.6 Å². The Balaban J connectivity index is 1.67. The number of benzene rings is 2. The van der Waals surface area contributed by atoms with Crippen molar-refractivity contribution in [3.05, 3.63) is 95.8 Å². The summed E-state index contributed by atoms with van der Waals surface area (Å²) in [5.74, 6) is 0.511. The van der Waals surface area contributed by atoms with E-state index in [0.29, 0.717) is 5.75 Å². The molecule has 0 aliphatic heterocycles. The third-order valence-corrected chi connectivity index (χ3v) is 4.16. The summed E-state index contributed by atoms with van der Waals surface area (Å²) in [6.45, 7) is 2.07. The molecule has 0 radical (unpaired) electrons. The summed E-state index contributed by atoms with van der Waals surface area (Å²) in [6, 6.07) is 21.2. The zero-order valence-corrected chi connectivity index (χ0v) is 14.8. The number of rotatable bonds is 7. The van der Waals surface area contributed by atoms with E-state index in [1.807, 2.05) is 66.7 Å². The first-order valence-electron chi connectivity index (χ1n) is 8.72. The lowest BCUT2D eigenvalue weighted by atomic mass is 10.0. The molecule has 0 spiro atoms. The van der Waals surface area contributed by atoms with Gasteiger partial charge in [0, 0.05) is 12.4 Å². The number of aromatic nitrogens is 1. The third-order valence-electron chi connectivity index (χ3n) is 4.16. The molecule has 4 nitrogen and oxygen atoms in total. The first-order valence-corrected chi connectivity index (χ1v) is 8.72. The molecule has 0 bridgehead atoms. The highest BCUT2D eigenvalue weighted by Gasteiger charge is 2.17. The molecular weight excluding hydrogens is 324 g/mol. The molecule has 0 fully saturated rings. The van der Waals surface area contributed by atoms with Crippen LogP contribution in [0.15, 0.2) is 79.1 Å². The van der Waals surface area contributed by atoms with Crippen LogP contribution in [0.4, 0.5) is 0 Å². The summed E-state index contributed by atoms with van der Waals surface area (Å²) in [5.41, 5.74) is 3.17. The second kappa shape index (κ2) is 8.81. The van der Waals surface area contributed by atoms with Crippen molar-refractivity contribution in [2.75, 3.05) is 6.61 Å². The smallest absolute Gasteiger partial charge is 0.258 e. The minimum absolute atomic E-state index is 0.0327. The Morgan fingerprint density at radius 2 is 1.73 bits per heavy atom. The number of ether oxygens (including phenoxy) is 1. The predicted octanol–water partition coefficient (Wildman–Crippen LogP) is 3.93. The first-order chi connectivity index (χ1) is 12.8. The van der Waals surface area contributed by atoms with E-state index >= 15 is 0 Å². The molecule has 4 heteroatoms. The Bertz CT molecular complexity index is 778. The van der Waals surface area contributed by atoms with Gasteiger partial charge in [-0.3, -0.25) is 9.78 Å². The number of pyridine rings is 1. The fourth-order valence-electron chi connectivity index (χ4n) is 2.72. The average Bonchev–Trinajstić information content (AvgIpc) is 2.72. The Kier molecular flexibility index (Phi) is 5.99. The maximum atomic E-state index is 12.4. The Morgan fingerprint density at radius 1 is 1.00 bits per heavy atom. The lowest BCUT2D eigenvalue weighted by Crippen LogP contribution is -2.33. The number of amides is 1. The molecule has 1 heterocycles. The number of hydrogen-bond acceptors (Lipinski definition) is 3. The second-order valence-corrected chi connectivity index (χ2v) is 5.98. The molecule has 0 aliphatic rings. The van der Waals surface area contributed by atoms with Crippen LogP contribution in [0.2, 0.25) is 0 Å². The lowest BCUT2D eigenvalue weighted by Gasteiger charge is -2.19. The summed E-state index contributed by atoms with van der Waals surface area (Å²) in [7, 11) is 0. The predicted molar refractivity (Wildman–Crippen MR) is 102 cm³/mol. The molecule has 0 saturated heterocycles. The molecule has 26 heavy (non-hydrogen) atoms. The standard InChI is InChI=1S/C22H22N2O2/c1-2-17-10-12-20(13-11-17)26-16-21(25)24-22(18-7-4-3-5-8-18)19-9-6-14-23-15-19/h3-15,22H,2,16H2,1H3,(H,24,25)/t22-/m1/s1. The summed E-state index contributed by atoms with van der Waals surface area (Å²) >= 11 is 0. The van der Waals surface area contributed by atoms with Crippen molar-refractivity contribution in [1.29, 1.82) is 0 Å². The highest BCUT2D eigenvalue weighted by molar-refractivity contribution is 5.78. The molecule has 132 valence electrons. The molecule has 3 aromatic rings. The van der Waals surface area contributed by atoms with Gasteiger partial charge >= 0.3 is 0 Å². The first kappa shape index (κ1) is 17.7. The van der Waals surface area contributed by atoms with Gasteiger partial charge in [0.25, 0.3) is 5.91 Å². The molecular formula is C22H22N2O2. The summed E-state index contributed by atoms with van der Waals surface area (Å²) in [4.78, 5) is 16.6. The van der Waals surface area contributed by atoms with Crippen LogP contribution in [0.5, 0.6) is 5.75 Å². The van der Waals surface area contributed by atoms with Crippen molar-refractivity contribution in [2.24, 2.45) is 0 Å².